The molecule has 0 rings (SSSR count). The molecule has 0 spiro atoms. The molecule has 0 aromatic heterocycles. The van der Waals surface area contributed by atoms with Gasteiger partial charge in [-0.2, -0.15) is 0 Å². The van der Waals surface area contributed by atoms with Gasteiger partial charge in [-0.25, -0.2) is 0 Å². The average Bonchev–Trinajstić information content (AvgIpc) is 1.81. The third-order valence-corrected chi connectivity index (χ3v) is 9.77. The molecule has 0 atom stereocenters. The second kappa shape index (κ2) is 3.69. The van der Waals surface area contributed by atoms with Gasteiger partial charge in [-0.05, 0) is 18.1 Å². The Morgan fingerprint density at radius 2 is 1.82 bits per heavy atom. The maximum absolute atomic E-state index is 5.90. The molecule has 0 bridgehead atoms. The molecule has 0 unspecified atom stereocenters. The highest BCUT2D eigenvalue weighted by atomic mass is 28.4. The standard InChI is InChI=1S/C8H20OSi2/c1-7-10-9-11(5,6)8(2,3)4/h7H,1,10H2,2-6H3. The Balaban J connectivity index is 4.10. The van der Waals surface area contributed by atoms with Gasteiger partial charge in [0.2, 0.25) is 0 Å². The van der Waals surface area contributed by atoms with Crippen LogP contribution in [0.15, 0.2) is 12.3 Å². The molecule has 11 heavy (non-hydrogen) atoms. The van der Waals surface area contributed by atoms with Crippen LogP contribution in [-0.4, -0.2) is 18.1 Å². The normalized spacial score (nSPS) is 14.3. The first-order chi connectivity index (χ1) is 4.81. The Kier molecular flexibility index (Phi) is 3.74. The van der Waals surface area contributed by atoms with E-state index < -0.39 is 18.1 Å². The predicted molar refractivity (Wildman–Crippen MR) is 57.0 cm³/mol. The topological polar surface area (TPSA) is 9.23 Å². The Bertz CT molecular complexity index is 136. The lowest BCUT2D eigenvalue weighted by molar-refractivity contribution is 0.522. The third-order valence-electron chi connectivity index (χ3n) is 2.37. The van der Waals surface area contributed by atoms with Gasteiger partial charge in [-0.15, -0.1) is 6.58 Å². The van der Waals surface area contributed by atoms with Crippen molar-refractivity contribution >= 4 is 18.1 Å². The first kappa shape index (κ1) is 11.1. The van der Waals surface area contributed by atoms with Gasteiger partial charge in [-0.3, -0.25) is 0 Å². The summed E-state index contributed by atoms with van der Waals surface area (Å²) >= 11 is 0. The highest BCUT2D eigenvalue weighted by molar-refractivity contribution is 6.78. The second-order valence-corrected chi connectivity index (χ2v) is 10.9. The molecule has 3 heteroatoms. The van der Waals surface area contributed by atoms with E-state index in [1.165, 1.54) is 0 Å². The van der Waals surface area contributed by atoms with E-state index >= 15 is 0 Å². The maximum Gasteiger partial charge on any atom is 0.178 e. The van der Waals surface area contributed by atoms with E-state index in [0.717, 1.165) is 0 Å². The molecule has 0 amide bonds. The second-order valence-electron chi connectivity index (χ2n) is 4.36. The summed E-state index contributed by atoms with van der Waals surface area (Å²) in [5.74, 6) is 0. The Morgan fingerprint density at radius 3 is 2.09 bits per heavy atom. The molecule has 0 heterocycles. The summed E-state index contributed by atoms with van der Waals surface area (Å²) in [7, 11) is -1.87. The van der Waals surface area contributed by atoms with E-state index in [0.29, 0.717) is 5.04 Å². The van der Waals surface area contributed by atoms with E-state index in [1.807, 2.05) is 5.70 Å². The van der Waals surface area contributed by atoms with Crippen LogP contribution in [0.4, 0.5) is 0 Å². The fourth-order valence-electron chi connectivity index (χ4n) is 0.484. The quantitative estimate of drug-likeness (QED) is 0.617. The van der Waals surface area contributed by atoms with Crippen LogP contribution >= 0.6 is 0 Å². The minimum absolute atomic E-state index is 0.350. The Hall–Kier alpha value is 0.134. The Morgan fingerprint density at radius 1 is 1.36 bits per heavy atom. The van der Waals surface area contributed by atoms with E-state index in [2.05, 4.69) is 40.4 Å². The van der Waals surface area contributed by atoms with E-state index in [9.17, 15) is 0 Å². The van der Waals surface area contributed by atoms with Gasteiger partial charge in [-0.1, -0.05) is 26.5 Å². The van der Waals surface area contributed by atoms with Gasteiger partial charge in [0.1, 0.15) is 0 Å². The molecular weight excluding hydrogens is 168 g/mol. The average molecular weight is 188 g/mol. The zero-order valence-electron chi connectivity index (χ0n) is 8.40. The zero-order valence-corrected chi connectivity index (χ0v) is 10.8. The lowest BCUT2D eigenvalue weighted by Crippen LogP contribution is -2.41. The van der Waals surface area contributed by atoms with Crippen molar-refractivity contribution in [2.24, 2.45) is 0 Å². The van der Waals surface area contributed by atoms with Crippen molar-refractivity contribution in [2.75, 3.05) is 0 Å². The third kappa shape index (κ3) is 3.36. The highest BCUT2D eigenvalue weighted by Gasteiger charge is 2.35. The van der Waals surface area contributed by atoms with Crippen LogP contribution in [0.3, 0.4) is 0 Å². The number of rotatable bonds is 3. The van der Waals surface area contributed by atoms with Gasteiger partial charge in [0.15, 0.2) is 18.1 Å². The maximum atomic E-state index is 5.90. The minimum atomic E-state index is -1.44. The molecule has 0 aliphatic carbocycles. The smallest absolute Gasteiger partial charge is 0.178 e. The van der Waals surface area contributed by atoms with Gasteiger partial charge in [0.25, 0.3) is 0 Å². The van der Waals surface area contributed by atoms with Gasteiger partial charge < -0.3 is 4.12 Å². The van der Waals surface area contributed by atoms with Crippen LogP contribution in [0, 0.1) is 0 Å². The fourth-order valence-corrected chi connectivity index (χ4v) is 4.35. The largest absolute Gasteiger partial charge is 0.457 e. The molecule has 0 saturated heterocycles. The molecule has 0 aliphatic rings. The monoisotopic (exact) mass is 188 g/mol. The summed E-state index contributed by atoms with van der Waals surface area (Å²) in [6.45, 7) is 15.0. The van der Waals surface area contributed by atoms with Crippen molar-refractivity contribution in [1.82, 2.24) is 0 Å². The number of hydrogen-bond acceptors (Lipinski definition) is 1. The molecule has 66 valence electrons. The summed E-state index contributed by atoms with van der Waals surface area (Å²) in [6, 6.07) is 0. The van der Waals surface area contributed by atoms with Crippen molar-refractivity contribution in [3.8, 4) is 0 Å². The van der Waals surface area contributed by atoms with Crippen LogP contribution in [-0.2, 0) is 4.12 Å². The van der Waals surface area contributed by atoms with Crippen LogP contribution in [0.25, 0.3) is 0 Å². The SMILES string of the molecule is C=C[SiH2]O[Si](C)(C)C(C)(C)C. The summed E-state index contributed by atoms with van der Waals surface area (Å²) in [5, 5.41) is 0.350. The van der Waals surface area contributed by atoms with Crippen molar-refractivity contribution in [3.63, 3.8) is 0 Å². The van der Waals surface area contributed by atoms with Crippen molar-refractivity contribution in [3.05, 3.63) is 12.3 Å². The molecule has 0 aromatic rings. The summed E-state index contributed by atoms with van der Waals surface area (Å²) in [5.41, 5.74) is 1.96. The first-order valence-electron chi connectivity index (χ1n) is 4.06. The van der Waals surface area contributed by atoms with Gasteiger partial charge in [0.05, 0.1) is 0 Å². The van der Waals surface area contributed by atoms with Crippen LogP contribution in [0.2, 0.25) is 18.1 Å². The molecule has 0 N–H and O–H groups in total. The Labute approximate surface area is 73.9 Å². The van der Waals surface area contributed by atoms with Crippen molar-refractivity contribution in [2.45, 2.75) is 38.9 Å². The molecule has 0 aliphatic heterocycles. The minimum Gasteiger partial charge on any atom is -0.457 e. The van der Waals surface area contributed by atoms with Crippen molar-refractivity contribution in [1.29, 1.82) is 0 Å². The van der Waals surface area contributed by atoms with E-state index in [-0.39, 0.29) is 0 Å². The molecule has 0 fully saturated rings. The molecule has 0 saturated carbocycles. The molecule has 0 aromatic carbocycles. The van der Waals surface area contributed by atoms with Crippen LogP contribution < -0.4 is 0 Å². The fraction of sp³-hybridized carbons (Fsp3) is 0.750. The molecule has 1 nitrogen and oxygen atoms in total. The van der Waals surface area contributed by atoms with Crippen LogP contribution in [0.1, 0.15) is 20.8 Å². The molecular formula is C8H20OSi2. The highest BCUT2D eigenvalue weighted by Crippen LogP contribution is 2.36. The zero-order chi connectivity index (χ0) is 9.12. The molecule has 0 radical (unpaired) electrons. The lowest BCUT2D eigenvalue weighted by atomic mass is 10.2. The van der Waals surface area contributed by atoms with Gasteiger partial charge >= 0.3 is 0 Å². The summed E-state index contributed by atoms with van der Waals surface area (Å²) in [4.78, 5) is 0. The number of hydrogen-bond donors (Lipinski definition) is 0. The van der Waals surface area contributed by atoms with E-state index in [4.69, 9.17) is 4.12 Å². The first-order valence-corrected chi connectivity index (χ1v) is 8.36. The summed E-state index contributed by atoms with van der Waals surface area (Å²) < 4.78 is 5.90. The van der Waals surface area contributed by atoms with E-state index in [1.54, 1.807) is 0 Å². The lowest BCUT2D eigenvalue weighted by Gasteiger charge is -2.36. The summed E-state index contributed by atoms with van der Waals surface area (Å²) in [6.07, 6.45) is 0. The predicted octanol–water partition coefficient (Wildman–Crippen LogP) is 2.24. The van der Waals surface area contributed by atoms with Crippen molar-refractivity contribution < 1.29 is 4.12 Å². The van der Waals surface area contributed by atoms with Gasteiger partial charge in [0, 0.05) is 0 Å². The van der Waals surface area contributed by atoms with Crippen LogP contribution in [0.5, 0.6) is 0 Å².